The molecule has 2 rings (SSSR count). The molecule has 1 aromatic carbocycles. The van der Waals surface area contributed by atoms with E-state index in [1.54, 1.807) is 12.1 Å². The largest absolute Gasteiger partial charge is 0.319 e. The highest BCUT2D eigenvalue weighted by molar-refractivity contribution is 14.1. The van der Waals surface area contributed by atoms with Gasteiger partial charge in [0.25, 0.3) is 0 Å². The molecule has 118 valence electrons. The fraction of sp³-hybridized carbons (Fsp3) is 0.389. The highest BCUT2D eigenvalue weighted by Crippen LogP contribution is 2.24. The number of benzene rings is 1. The van der Waals surface area contributed by atoms with Gasteiger partial charge in [0.2, 0.25) is 0 Å². The van der Waals surface area contributed by atoms with E-state index in [2.05, 4.69) is 45.9 Å². The number of hydrogen-bond donors (Lipinski definition) is 1. The first-order valence-electron chi connectivity index (χ1n) is 7.62. The molecule has 22 heavy (non-hydrogen) atoms. The number of pyridine rings is 1. The van der Waals surface area contributed by atoms with E-state index in [-0.39, 0.29) is 5.82 Å². The molecule has 0 bridgehead atoms. The van der Waals surface area contributed by atoms with E-state index in [0.29, 0.717) is 5.92 Å². The Bertz CT molecular complexity index is 616. The molecule has 2 aromatic rings. The van der Waals surface area contributed by atoms with Gasteiger partial charge in [0.15, 0.2) is 0 Å². The molecule has 1 unspecified atom stereocenters. The average molecular weight is 412 g/mol. The third-order valence-corrected chi connectivity index (χ3v) is 4.91. The van der Waals surface area contributed by atoms with Crippen LogP contribution in [0.5, 0.6) is 0 Å². The van der Waals surface area contributed by atoms with E-state index >= 15 is 0 Å². The van der Waals surface area contributed by atoms with Gasteiger partial charge in [0.05, 0.1) is 0 Å². The number of likely N-dealkylation sites (N-methyl/N-ethyl adjacent to an activating group) is 1. The van der Waals surface area contributed by atoms with E-state index < -0.39 is 0 Å². The second-order valence-corrected chi connectivity index (χ2v) is 6.75. The lowest BCUT2D eigenvalue weighted by atomic mass is 9.93. The fourth-order valence-corrected chi connectivity index (χ4v) is 3.52. The number of nitrogens with zero attached hydrogens (tertiary/aromatic N) is 1. The van der Waals surface area contributed by atoms with E-state index in [1.165, 1.54) is 16.8 Å². The van der Waals surface area contributed by atoms with Crippen molar-refractivity contribution < 1.29 is 4.39 Å². The van der Waals surface area contributed by atoms with Gasteiger partial charge in [-0.2, -0.15) is 0 Å². The Hall–Kier alpha value is -1.01. The van der Waals surface area contributed by atoms with Gasteiger partial charge in [-0.05, 0) is 85.2 Å². The molecule has 0 amide bonds. The number of rotatable bonds is 7. The van der Waals surface area contributed by atoms with Gasteiger partial charge < -0.3 is 5.32 Å². The Morgan fingerprint density at radius 3 is 2.82 bits per heavy atom. The Labute approximate surface area is 145 Å². The molecule has 0 aliphatic carbocycles. The van der Waals surface area contributed by atoms with Crippen LogP contribution in [0.15, 0.2) is 36.5 Å². The molecule has 1 atom stereocenters. The van der Waals surface area contributed by atoms with Crippen molar-refractivity contribution in [2.45, 2.75) is 32.1 Å². The zero-order valence-electron chi connectivity index (χ0n) is 13.1. The monoisotopic (exact) mass is 412 g/mol. The molecule has 0 radical (unpaired) electrons. The summed E-state index contributed by atoms with van der Waals surface area (Å²) in [5.74, 6) is 0.259. The number of halogens is 2. The number of hydrogen-bond acceptors (Lipinski definition) is 2. The molecule has 1 aromatic heterocycles. The minimum Gasteiger partial charge on any atom is -0.319 e. The molecular weight excluding hydrogens is 390 g/mol. The van der Waals surface area contributed by atoms with Crippen molar-refractivity contribution in [3.63, 3.8) is 0 Å². The van der Waals surface area contributed by atoms with Gasteiger partial charge in [-0.1, -0.05) is 12.1 Å². The second kappa shape index (κ2) is 8.58. The first-order chi connectivity index (χ1) is 10.6. The number of aromatic nitrogens is 1. The van der Waals surface area contributed by atoms with Gasteiger partial charge in [-0.15, -0.1) is 0 Å². The van der Waals surface area contributed by atoms with Crippen molar-refractivity contribution in [2.24, 2.45) is 0 Å². The van der Waals surface area contributed by atoms with Crippen LogP contribution in [-0.2, 0) is 6.42 Å². The Balaban J connectivity index is 1.99. The van der Waals surface area contributed by atoms with Crippen LogP contribution in [0.3, 0.4) is 0 Å². The van der Waals surface area contributed by atoms with Crippen LogP contribution < -0.4 is 5.32 Å². The Morgan fingerprint density at radius 1 is 1.32 bits per heavy atom. The van der Waals surface area contributed by atoms with Crippen LogP contribution in [0.4, 0.5) is 4.39 Å². The molecular formula is C18H22FIN2. The molecule has 0 saturated heterocycles. The molecule has 2 nitrogen and oxygen atoms in total. The molecule has 4 heteroatoms. The Kier molecular flexibility index (Phi) is 6.76. The number of aryl methyl sites for hydroxylation is 2. The maximum absolute atomic E-state index is 13.1. The van der Waals surface area contributed by atoms with Crippen LogP contribution in [0, 0.1) is 16.3 Å². The second-order valence-electron chi connectivity index (χ2n) is 5.59. The fourth-order valence-electron chi connectivity index (χ4n) is 2.77. The molecule has 0 aliphatic rings. The highest BCUT2D eigenvalue weighted by atomic mass is 127. The standard InChI is InChI=1S/C18H22FIN2/c1-13-5-4-10-22-18(13)15(12-21-2)7-3-6-14-8-9-16(19)11-17(14)20/h4-5,8-11,15,21H,3,6-7,12H2,1-2H3. The zero-order chi connectivity index (χ0) is 15.9. The quantitative estimate of drug-likeness (QED) is 0.680. The molecule has 0 spiro atoms. The summed E-state index contributed by atoms with van der Waals surface area (Å²) in [6.45, 7) is 3.05. The topological polar surface area (TPSA) is 24.9 Å². The van der Waals surface area contributed by atoms with E-state index in [1.807, 2.05) is 25.4 Å². The normalized spacial score (nSPS) is 12.4. The summed E-state index contributed by atoms with van der Waals surface area (Å²) in [6, 6.07) is 9.15. The summed E-state index contributed by atoms with van der Waals surface area (Å²) in [5.41, 5.74) is 3.66. The lowest BCUT2D eigenvalue weighted by Gasteiger charge is -2.18. The molecule has 1 heterocycles. The SMILES string of the molecule is CNCC(CCCc1ccc(F)cc1I)c1ncccc1C. The summed E-state index contributed by atoms with van der Waals surface area (Å²) < 4.78 is 14.2. The smallest absolute Gasteiger partial charge is 0.124 e. The predicted octanol–water partition coefficient (Wildman–Crippen LogP) is 4.46. The van der Waals surface area contributed by atoms with Crippen LogP contribution in [0.2, 0.25) is 0 Å². The van der Waals surface area contributed by atoms with Gasteiger partial charge in [0.1, 0.15) is 5.82 Å². The minimum atomic E-state index is -0.162. The first kappa shape index (κ1) is 17.3. The van der Waals surface area contributed by atoms with E-state index in [0.717, 1.165) is 29.4 Å². The van der Waals surface area contributed by atoms with Crippen molar-refractivity contribution in [1.29, 1.82) is 0 Å². The Morgan fingerprint density at radius 2 is 2.14 bits per heavy atom. The summed E-state index contributed by atoms with van der Waals surface area (Å²) in [4.78, 5) is 4.56. The van der Waals surface area contributed by atoms with E-state index in [4.69, 9.17) is 0 Å². The third-order valence-electron chi connectivity index (χ3n) is 3.90. The summed E-state index contributed by atoms with van der Waals surface area (Å²) in [6.07, 6.45) is 4.99. The van der Waals surface area contributed by atoms with Crippen LogP contribution in [0.1, 0.15) is 35.6 Å². The average Bonchev–Trinajstić information content (AvgIpc) is 2.49. The maximum Gasteiger partial charge on any atom is 0.124 e. The van der Waals surface area contributed by atoms with E-state index in [9.17, 15) is 4.39 Å². The first-order valence-corrected chi connectivity index (χ1v) is 8.69. The van der Waals surface area contributed by atoms with Crippen LogP contribution >= 0.6 is 22.6 Å². The highest BCUT2D eigenvalue weighted by Gasteiger charge is 2.14. The van der Waals surface area contributed by atoms with Crippen molar-refractivity contribution in [1.82, 2.24) is 10.3 Å². The van der Waals surface area contributed by atoms with Crippen molar-refractivity contribution in [3.8, 4) is 0 Å². The molecule has 0 fully saturated rings. The van der Waals surface area contributed by atoms with Crippen molar-refractivity contribution >= 4 is 22.6 Å². The maximum atomic E-state index is 13.1. The van der Waals surface area contributed by atoms with Gasteiger partial charge in [0, 0.05) is 27.9 Å². The zero-order valence-corrected chi connectivity index (χ0v) is 15.2. The lowest BCUT2D eigenvalue weighted by Crippen LogP contribution is -2.19. The van der Waals surface area contributed by atoms with Crippen LogP contribution in [0.25, 0.3) is 0 Å². The minimum absolute atomic E-state index is 0.162. The summed E-state index contributed by atoms with van der Waals surface area (Å²) >= 11 is 2.21. The van der Waals surface area contributed by atoms with Crippen molar-refractivity contribution in [3.05, 3.63) is 62.7 Å². The summed E-state index contributed by atoms with van der Waals surface area (Å²) in [7, 11) is 1.98. The van der Waals surface area contributed by atoms with Gasteiger partial charge in [-0.25, -0.2) is 4.39 Å². The van der Waals surface area contributed by atoms with Crippen LogP contribution in [-0.4, -0.2) is 18.6 Å². The van der Waals surface area contributed by atoms with Gasteiger partial charge in [-0.3, -0.25) is 4.98 Å². The predicted molar refractivity (Wildman–Crippen MR) is 97.7 cm³/mol. The lowest BCUT2D eigenvalue weighted by molar-refractivity contribution is 0.545. The third kappa shape index (κ3) is 4.74. The van der Waals surface area contributed by atoms with Crippen molar-refractivity contribution in [2.75, 3.05) is 13.6 Å². The molecule has 0 saturated carbocycles. The number of nitrogens with one attached hydrogen (secondary N) is 1. The molecule has 0 aliphatic heterocycles. The van der Waals surface area contributed by atoms with Gasteiger partial charge >= 0.3 is 0 Å². The molecule has 1 N–H and O–H groups in total. The summed E-state index contributed by atoms with van der Waals surface area (Å²) in [5, 5.41) is 3.27.